The zero-order valence-corrected chi connectivity index (χ0v) is 13.4. The molecule has 0 saturated carbocycles. The van der Waals surface area contributed by atoms with Crippen LogP contribution < -0.4 is 5.32 Å². The molecule has 3 nitrogen and oxygen atoms in total. The smallest absolute Gasteiger partial charge is 0.238 e. The Kier molecular flexibility index (Phi) is 4.08. The number of hydrogen-bond acceptors (Lipinski definition) is 2. The van der Waals surface area contributed by atoms with Gasteiger partial charge in [0.05, 0.1) is 12.6 Å². The van der Waals surface area contributed by atoms with E-state index in [0.29, 0.717) is 6.54 Å². The number of amides is 1. The van der Waals surface area contributed by atoms with Crippen LogP contribution in [0.15, 0.2) is 53.0 Å². The van der Waals surface area contributed by atoms with E-state index in [9.17, 15) is 4.79 Å². The van der Waals surface area contributed by atoms with Crippen LogP contribution in [-0.4, -0.2) is 23.9 Å². The first-order valence-electron chi connectivity index (χ1n) is 7.07. The molecule has 0 bridgehead atoms. The maximum Gasteiger partial charge on any atom is 0.238 e. The number of nitrogens with one attached hydrogen (secondary N) is 1. The summed E-state index contributed by atoms with van der Waals surface area (Å²) in [5, 5.41) is 3.01. The number of nitrogens with zero attached hydrogens (tertiary/aromatic N) is 1. The second kappa shape index (κ2) is 6.00. The average molecular weight is 345 g/mol. The van der Waals surface area contributed by atoms with Gasteiger partial charge in [-0.2, -0.15) is 0 Å². The van der Waals surface area contributed by atoms with E-state index in [0.717, 1.165) is 22.3 Å². The van der Waals surface area contributed by atoms with Crippen molar-refractivity contribution in [1.82, 2.24) is 4.90 Å². The number of fused-ring (bicyclic) bond motifs is 1. The SMILES string of the molecule is CCN1CC(=O)Nc2ccc(Br)cc2C1c1ccccc1. The standard InChI is InChI=1S/C17H17BrN2O/c1-2-20-11-16(21)19-15-9-8-13(18)10-14(15)17(20)12-6-4-3-5-7-12/h3-10,17H,2,11H2,1H3,(H,19,21). The Bertz CT molecular complexity index is 657. The van der Waals surface area contributed by atoms with Crippen LogP contribution in [0.1, 0.15) is 24.1 Å². The van der Waals surface area contributed by atoms with E-state index >= 15 is 0 Å². The lowest BCUT2D eigenvalue weighted by atomic mass is 9.96. The third kappa shape index (κ3) is 2.87. The zero-order chi connectivity index (χ0) is 14.8. The van der Waals surface area contributed by atoms with Gasteiger partial charge in [0, 0.05) is 10.2 Å². The molecule has 0 spiro atoms. The Morgan fingerprint density at radius 1 is 1.24 bits per heavy atom. The van der Waals surface area contributed by atoms with E-state index in [2.05, 4.69) is 51.3 Å². The van der Waals surface area contributed by atoms with Gasteiger partial charge in [0.15, 0.2) is 0 Å². The molecule has 1 amide bonds. The number of halogens is 1. The molecule has 1 N–H and O–H groups in total. The van der Waals surface area contributed by atoms with Gasteiger partial charge in [0.25, 0.3) is 0 Å². The van der Waals surface area contributed by atoms with E-state index in [1.54, 1.807) is 0 Å². The minimum atomic E-state index is 0.0406. The third-order valence-electron chi connectivity index (χ3n) is 3.82. The second-order valence-corrected chi connectivity index (χ2v) is 6.07. The molecule has 1 unspecified atom stereocenters. The van der Waals surface area contributed by atoms with Gasteiger partial charge in [-0.15, -0.1) is 0 Å². The van der Waals surface area contributed by atoms with E-state index in [-0.39, 0.29) is 11.9 Å². The molecule has 0 radical (unpaired) electrons. The van der Waals surface area contributed by atoms with Crippen molar-refractivity contribution in [2.45, 2.75) is 13.0 Å². The van der Waals surface area contributed by atoms with Crippen molar-refractivity contribution in [1.29, 1.82) is 0 Å². The summed E-state index contributed by atoms with van der Waals surface area (Å²) >= 11 is 3.54. The molecule has 0 aliphatic carbocycles. The van der Waals surface area contributed by atoms with Gasteiger partial charge in [0.1, 0.15) is 0 Å². The van der Waals surface area contributed by atoms with Crippen LogP contribution in [0.2, 0.25) is 0 Å². The van der Waals surface area contributed by atoms with Crippen LogP contribution in [0.4, 0.5) is 5.69 Å². The highest BCUT2D eigenvalue weighted by molar-refractivity contribution is 9.10. The lowest BCUT2D eigenvalue weighted by Crippen LogP contribution is -2.33. The monoisotopic (exact) mass is 344 g/mol. The Labute approximate surface area is 133 Å². The van der Waals surface area contributed by atoms with Gasteiger partial charge in [0.2, 0.25) is 5.91 Å². The van der Waals surface area contributed by atoms with Crippen molar-refractivity contribution in [2.75, 3.05) is 18.4 Å². The fourth-order valence-corrected chi connectivity index (χ4v) is 3.23. The Morgan fingerprint density at radius 2 is 2.00 bits per heavy atom. The lowest BCUT2D eigenvalue weighted by Gasteiger charge is -2.29. The lowest BCUT2D eigenvalue weighted by molar-refractivity contribution is -0.117. The van der Waals surface area contributed by atoms with Crippen LogP contribution in [-0.2, 0) is 4.79 Å². The first-order valence-corrected chi connectivity index (χ1v) is 7.86. The van der Waals surface area contributed by atoms with E-state index in [4.69, 9.17) is 0 Å². The Hall–Kier alpha value is -1.65. The number of rotatable bonds is 2. The number of carbonyl (C=O) groups is 1. The van der Waals surface area contributed by atoms with Gasteiger partial charge in [-0.05, 0) is 35.9 Å². The normalized spacial score (nSPS) is 18.8. The molecule has 0 saturated heterocycles. The second-order valence-electron chi connectivity index (χ2n) is 5.16. The summed E-state index contributed by atoms with van der Waals surface area (Å²) < 4.78 is 1.02. The van der Waals surface area contributed by atoms with Crippen LogP contribution in [0.5, 0.6) is 0 Å². The van der Waals surface area contributed by atoms with Crippen LogP contribution in [0, 0.1) is 0 Å². The molecule has 2 aromatic carbocycles. The molecule has 1 heterocycles. The predicted octanol–water partition coefficient (Wildman–Crippen LogP) is 3.81. The molecule has 1 atom stereocenters. The maximum absolute atomic E-state index is 12.1. The minimum absolute atomic E-state index is 0.0406. The summed E-state index contributed by atoms with van der Waals surface area (Å²) in [5.41, 5.74) is 3.23. The fraction of sp³-hybridized carbons (Fsp3) is 0.235. The largest absolute Gasteiger partial charge is 0.325 e. The molecule has 21 heavy (non-hydrogen) atoms. The number of anilines is 1. The summed E-state index contributed by atoms with van der Waals surface area (Å²) in [5.74, 6) is 0.0406. The van der Waals surface area contributed by atoms with Crippen LogP contribution in [0.3, 0.4) is 0 Å². The minimum Gasteiger partial charge on any atom is -0.325 e. The first-order chi connectivity index (χ1) is 10.2. The highest BCUT2D eigenvalue weighted by Gasteiger charge is 2.29. The Balaban J connectivity index is 2.18. The van der Waals surface area contributed by atoms with Crippen LogP contribution >= 0.6 is 15.9 Å². The van der Waals surface area contributed by atoms with E-state index in [1.807, 2.05) is 30.3 Å². The number of hydrogen-bond donors (Lipinski definition) is 1. The fourth-order valence-electron chi connectivity index (χ4n) is 2.86. The summed E-state index contributed by atoms with van der Waals surface area (Å²) in [7, 11) is 0. The molecule has 4 heteroatoms. The summed E-state index contributed by atoms with van der Waals surface area (Å²) in [4.78, 5) is 14.3. The van der Waals surface area contributed by atoms with Crippen LogP contribution in [0.25, 0.3) is 0 Å². The summed E-state index contributed by atoms with van der Waals surface area (Å²) in [6, 6.07) is 16.4. The topological polar surface area (TPSA) is 32.3 Å². The van der Waals surface area contributed by atoms with Gasteiger partial charge in [-0.1, -0.05) is 53.2 Å². The molecule has 1 aliphatic rings. The molecule has 2 aromatic rings. The molecular weight excluding hydrogens is 328 g/mol. The van der Waals surface area contributed by atoms with Gasteiger partial charge < -0.3 is 5.32 Å². The average Bonchev–Trinajstić information content (AvgIpc) is 2.63. The first kappa shape index (κ1) is 14.3. The quantitative estimate of drug-likeness (QED) is 0.898. The van der Waals surface area contributed by atoms with Gasteiger partial charge >= 0.3 is 0 Å². The highest BCUT2D eigenvalue weighted by atomic mass is 79.9. The van der Waals surface area contributed by atoms with Crippen molar-refractivity contribution >= 4 is 27.5 Å². The molecule has 108 valence electrons. The third-order valence-corrected chi connectivity index (χ3v) is 4.31. The van der Waals surface area contributed by atoms with Crippen molar-refractivity contribution in [2.24, 2.45) is 0 Å². The highest BCUT2D eigenvalue weighted by Crippen LogP contribution is 2.36. The van der Waals surface area contributed by atoms with Crippen molar-refractivity contribution in [3.63, 3.8) is 0 Å². The molecule has 0 fully saturated rings. The zero-order valence-electron chi connectivity index (χ0n) is 11.8. The number of benzene rings is 2. The molecule has 1 aliphatic heterocycles. The van der Waals surface area contributed by atoms with Gasteiger partial charge in [-0.3, -0.25) is 9.69 Å². The van der Waals surface area contributed by atoms with E-state index in [1.165, 1.54) is 5.56 Å². The molecular formula is C17H17BrN2O. The summed E-state index contributed by atoms with van der Waals surface area (Å²) in [6.45, 7) is 3.31. The molecule has 3 rings (SSSR count). The molecule has 0 aromatic heterocycles. The van der Waals surface area contributed by atoms with E-state index < -0.39 is 0 Å². The Morgan fingerprint density at radius 3 is 2.71 bits per heavy atom. The van der Waals surface area contributed by atoms with Crippen molar-refractivity contribution in [3.8, 4) is 0 Å². The predicted molar refractivity (Wildman–Crippen MR) is 88.3 cm³/mol. The van der Waals surface area contributed by atoms with Gasteiger partial charge in [-0.25, -0.2) is 0 Å². The maximum atomic E-state index is 12.1. The number of likely N-dealkylation sites (N-methyl/N-ethyl adjacent to an activating group) is 1. The summed E-state index contributed by atoms with van der Waals surface area (Å²) in [6.07, 6.45) is 0. The number of carbonyl (C=O) groups excluding carboxylic acids is 1. The van der Waals surface area contributed by atoms with Crippen molar-refractivity contribution in [3.05, 3.63) is 64.1 Å². The van der Waals surface area contributed by atoms with Crippen molar-refractivity contribution < 1.29 is 4.79 Å².